The summed E-state index contributed by atoms with van der Waals surface area (Å²) in [6.45, 7) is 3.91. The second kappa shape index (κ2) is 3.40. The molecule has 2 rings (SSSR count). The molecule has 1 aromatic carbocycles. The van der Waals surface area contributed by atoms with Gasteiger partial charge in [0.1, 0.15) is 11.4 Å². The smallest absolute Gasteiger partial charge is 0.487 e. The monoisotopic (exact) mass is 226 g/mol. The molecule has 0 spiro atoms. The minimum absolute atomic E-state index is 0.309. The van der Waals surface area contributed by atoms with Crippen LogP contribution in [0.25, 0.3) is 0 Å². The zero-order valence-corrected chi connectivity index (χ0v) is 9.38. The third kappa shape index (κ3) is 1.98. The van der Waals surface area contributed by atoms with E-state index >= 15 is 0 Å². The maximum absolute atomic E-state index is 9.22. The highest BCUT2D eigenvalue weighted by molar-refractivity contribution is 6.59. The van der Waals surface area contributed by atoms with Crippen LogP contribution in [0, 0.1) is 0 Å². The van der Waals surface area contributed by atoms with Crippen LogP contribution < -0.4 is 10.2 Å². The van der Waals surface area contributed by atoms with E-state index in [1.165, 1.54) is 0 Å². The number of fused-ring (bicyclic) bond motifs is 1. The molecule has 1 heterocycles. The summed E-state index contributed by atoms with van der Waals surface area (Å²) >= 11 is 5.86. The van der Waals surface area contributed by atoms with E-state index in [-0.39, 0.29) is 5.60 Å². The van der Waals surface area contributed by atoms with Crippen LogP contribution >= 0.6 is 11.6 Å². The lowest BCUT2D eigenvalue weighted by molar-refractivity contribution is 0.138. The molecule has 1 aliphatic rings. The molecule has 0 radical (unpaired) electrons. The predicted molar refractivity (Wildman–Crippen MR) is 59.7 cm³/mol. The Morgan fingerprint density at radius 3 is 2.67 bits per heavy atom. The quantitative estimate of drug-likeness (QED) is 0.694. The average molecular weight is 226 g/mol. The van der Waals surface area contributed by atoms with Crippen molar-refractivity contribution in [3.8, 4) is 5.75 Å². The fourth-order valence-electron chi connectivity index (χ4n) is 1.90. The van der Waals surface area contributed by atoms with Gasteiger partial charge in [-0.25, -0.2) is 0 Å². The largest absolute Gasteiger partial charge is 0.488 e. The van der Waals surface area contributed by atoms with Crippen molar-refractivity contribution in [3.05, 3.63) is 22.7 Å². The first-order valence-corrected chi connectivity index (χ1v) is 5.14. The molecule has 1 aliphatic heterocycles. The molecule has 0 saturated heterocycles. The van der Waals surface area contributed by atoms with Crippen molar-refractivity contribution in [3.63, 3.8) is 0 Å². The molecule has 0 unspecified atom stereocenters. The third-order valence-electron chi connectivity index (χ3n) is 2.48. The highest BCUT2D eigenvalue weighted by atomic mass is 35.5. The summed E-state index contributed by atoms with van der Waals surface area (Å²) < 4.78 is 5.66. The first-order valence-electron chi connectivity index (χ1n) is 4.76. The standard InChI is InChI=1S/C10H12BClO3/c1-10(2)5-7-8(11(13)14)3-6(12)4-9(7)15-10/h3-4,13-14H,5H2,1-2H3. The molecule has 0 aliphatic carbocycles. The minimum Gasteiger partial charge on any atom is -0.487 e. The molecular weight excluding hydrogens is 214 g/mol. The van der Waals surface area contributed by atoms with Gasteiger partial charge < -0.3 is 14.8 Å². The van der Waals surface area contributed by atoms with Crippen LogP contribution in [0.5, 0.6) is 5.75 Å². The second-order valence-electron chi connectivity index (χ2n) is 4.38. The normalized spacial score (nSPS) is 17.1. The summed E-state index contributed by atoms with van der Waals surface area (Å²) in [7, 11) is -1.50. The van der Waals surface area contributed by atoms with Gasteiger partial charge in [-0.05, 0) is 37.0 Å². The third-order valence-corrected chi connectivity index (χ3v) is 2.69. The molecule has 0 aromatic heterocycles. The van der Waals surface area contributed by atoms with Gasteiger partial charge in [-0.3, -0.25) is 0 Å². The number of halogens is 1. The van der Waals surface area contributed by atoms with Gasteiger partial charge >= 0.3 is 7.12 Å². The fourth-order valence-corrected chi connectivity index (χ4v) is 2.12. The maximum Gasteiger partial charge on any atom is 0.488 e. The van der Waals surface area contributed by atoms with E-state index in [9.17, 15) is 10.0 Å². The van der Waals surface area contributed by atoms with Crippen molar-refractivity contribution in [2.75, 3.05) is 0 Å². The topological polar surface area (TPSA) is 49.7 Å². The van der Waals surface area contributed by atoms with Crippen molar-refractivity contribution < 1.29 is 14.8 Å². The summed E-state index contributed by atoms with van der Waals surface area (Å²) in [6, 6.07) is 3.27. The van der Waals surface area contributed by atoms with Gasteiger partial charge in [0.15, 0.2) is 0 Å². The number of hydrogen-bond donors (Lipinski definition) is 2. The summed E-state index contributed by atoms with van der Waals surface area (Å²) in [6.07, 6.45) is 0.659. The average Bonchev–Trinajstić information content (AvgIpc) is 2.36. The van der Waals surface area contributed by atoms with Crippen molar-refractivity contribution >= 4 is 24.2 Å². The van der Waals surface area contributed by atoms with Crippen molar-refractivity contribution in [1.29, 1.82) is 0 Å². The molecule has 0 fully saturated rings. The van der Waals surface area contributed by atoms with Crippen LogP contribution in [0.1, 0.15) is 19.4 Å². The highest BCUT2D eigenvalue weighted by Crippen LogP contribution is 2.35. The molecule has 1 aromatic rings. The SMILES string of the molecule is CC1(C)Cc2c(cc(Cl)cc2B(O)O)O1. The summed E-state index contributed by atoms with van der Waals surface area (Å²) in [5, 5.41) is 18.9. The molecule has 0 atom stereocenters. The lowest BCUT2D eigenvalue weighted by atomic mass is 9.75. The molecule has 5 heteroatoms. The van der Waals surface area contributed by atoms with Crippen LogP contribution in [0.4, 0.5) is 0 Å². The van der Waals surface area contributed by atoms with E-state index in [1.54, 1.807) is 12.1 Å². The van der Waals surface area contributed by atoms with Gasteiger partial charge in [0, 0.05) is 11.4 Å². The van der Waals surface area contributed by atoms with E-state index in [4.69, 9.17) is 16.3 Å². The van der Waals surface area contributed by atoms with E-state index in [2.05, 4.69) is 0 Å². The molecule has 80 valence electrons. The van der Waals surface area contributed by atoms with Crippen LogP contribution in [0.15, 0.2) is 12.1 Å². The Labute approximate surface area is 93.8 Å². The minimum atomic E-state index is -1.50. The molecule has 0 amide bonds. The fraction of sp³-hybridized carbons (Fsp3) is 0.400. The van der Waals surface area contributed by atoms with Crippen LogP contribution in [0.3, 0.4) is 0 Å². The van der Waals surface area contributed by atoms with E-state index in [1.807, 2.05) is 13.8 Å². The Hall–Kier alpha value is -0.705. The van der Waals surface area contributed by atoms with Gasteiger partial charge in [0.2, 0.25) is 0 Å². The molecule has 0 bridgehead atoms. The van der Waals surface area contributed by atoms with Crippen LogP contribution in [0.2, 0.25) is 5.02 Å². The van der Waals surface area contributed by atoms with E-state index in [0.717, 1.165) is 5.56 Å². The van der Waals surface area contributed by atoms with E-state index < -0.39 is 7.12 Å². The Morgan fingerprint density at radius 1 is 1.40 bits per heavy atom. The molecule has 0 saturated carbocycles. The van der Waals surface area contributed by atoms with E-state index in [0.29, 0.717) is 22.7 Å². The Morgan fingerprint density at radius 2 is 2.07 bits per heavy atom. The Balaban J connectivity index is 2.53. The summed E-state index contributed by atoms with van der Waals surface area (Å²) in [5.41, 5.74) is 0.957. The second-order valence-corrected chi connectivity index (χ2v) is 4.82. The Kier molecular flexibility index (Phi) is 2.45. The predicted octanol–water partition coefficient (Wildman–Crippen LogP) is 0.733. The molecular formula is C10H12BClO3. The Bertz CT molecular complexity index is 404. The zero-order chi connectivity index (χ0) is 11.2. The lowest BCUT2D eigenvalue weighted by Crippen LogP contribution is -2.33. The van der Waals surface area contributed by atoms with Gasteiger partial charge in [-0.1, -0.05) is 11.6 Å². The van der Waals surface area contributed by atoms with Crippen molar-refractivity contribution in [1.82, 2.24) is 0 Å². The highest BCUT2D eigenvalue weighted by Gasteiger charge is 2.34. The molecule has 2 N–H and O–H groups in total. The number of ether oxygens (including phenoxy) is 1. The van der Waals surface area contributed by atoms with Gasteiger partial charge in [0.05, 0.1) is 0 Å². The lowest BCUT2D eigenvalue weighted by Gasteiger charge is -2.16. The number of hydrogen-bond acceptors (Lipinski definition) is 3. The van der Waals surface area contributed by atoms with Crippen LogP contribution in [-0.2, 0) is 6.42 Å². The number of rotatable bonds is 1. The summed E-state index contributed by atoms with van der Waals surface area (Å²) in [5.74, 6) is 0.649. The van der Waals surface area contributed by atoms with Crippen molar-refractivity contribution in [2.24, 2.45) is 0 Å². The number of benzene rings is 1. The molecule has 3 nitrogen and oxygen atoms in total. The first kappa shape index (κ1) is 10.8. The van der Waals surface area contributed by atoms with Gasteiger partial charge in [0.25, 0.3) is 0 Å². The van der Waals surface area contributed by atoms with Gasteiger partial charge in [-0.15, -0.1) is 0 Å². The first-order chi connectivity index (χ1) is 6.89. The zero-order valence-electron chi connectivity index (χ0n) is 8.62. The van der Waals surface area contributed by atoms with Crippen LogP contribution in [-0.4, -0.2) is 22.8 Å². The van der Waals surface area contributed by atoms with Crippen molar-refractivity contribution in [2.45, 2.75) is 25.9 Å². The van der Waals surface area contributed by atoms with Gasteiger partial charge in [-0.2, -0.15) is 0 Å². The maximum atomic E-state index is 9.22. The molecule has 15 heavy (non-hydrogen) atoms. The summed E-state index contributed by atoms with van der Waals surface area (Å²) in [4.78, 5) is 0.